The Morgan fingerprint density at radius 2 is 2.00 bits per heavy atom. The average molecular weight is 265 g/mol. The van der Waals surface area contributed by atoms with Crippen molar-refractivity contribution in [3.63, 3.8) is 0 Å². The van der Waals surface area contributed by atoms with Gasteiger partial charge in [-0.1, -0.05) is 26.2 Å². The normalized spacial score (nSPS) is 14.4. The van der Waals surface area contributed by atoms with E-state index >= 15 is 0 Å². The lowest BCUT2D eigenvalue weighted by molar-refractivity contribution is -0.149. The van der Waals surface area contributed by atoms with Gasteiger partial charge >= 0.3 is 5.97 Å². The Bertz CT molecular complexity index is 215. The Morgan fingerprint density at radius 1 is 1.29 bits per heavy atom. The van der Waals surface area contributed by atoms with Crippen LogP contribution in [0.4, 0.5) is 0 Å². The summed E-state index contributed by atoms with van der Waals surface area (Å²) in [7, 11) is 0. The molecule has 4 nitrogen and oxygen atoms in total. The Balaban J connectivity index is 3.90. The van der Waals surface area contributed by atoms with Crippen LogP contribution in [-0.4, -0.2) is 30.5 Å². The predicted octanol–water partition coefficient (Wildman–Crippen LogP) is 1.79. The molecule has 102 valence electrons. The van der Waals surface area contributed by atoms with Crippen molar-refractivity contribution in [1.29, 1.82) is 0 Å². The first-order valence-corrected chi connectivity index (χ1v) is 6.86. The quantitative estimate of drug-likeness (QED) is 0.358. The van der Waals surface area contributed by atoms with Gasteiger partial charge in [0.05, 0.1) is 12.5 Å². The maximum atomic E-state index is 11.8. The SMILES string of the molecule is CCCCCCOC(=O)C(N)(CCl)CCCN. The molecule has 0 aromatic heterocycles. The number of carbonyl (C=O) groups is 1. The summed E-state index contributed by atoms with van der Waals surface area (Å²) in [6.07, 6.45) is 5.43. The summed E-state index contributed by atoms with van der Waals surface area (Å²) >= 11 is 5.74. The standard InChI is InChI=1S/C12H25ClN2O2/c1-2-3-4-5-9-17-11(16)12(15,10-13)7-6-8-14/h2-10,14-15H2,1H3. The van der Waals surface area contributed by atoms with Crippen molar-refractivity contribution in [2.75, 3.05) is 19.0 Å². The molecule has 0 aliphatic rings. The number of hydrogen-bond donors (Lipinski definition) is 2. The van der Waals surface area contributed by atoms with Gasteiger partial charge in [0.25, 0.3) is 0 Å². The zero-order chi connectivity index (χ0) is 13.1. The molecule has 0 rings (SSSR count). The minimum absolute atomic E-state index is 0.0702. The maximum Gasteiger partial charge on any atom is 0.327 e. The Labute approximate surface area is 109 Å². The molecule has 0 saturated heterocycles. The molecule has 0 heterocycles. The molecule has 0 bridgehead atoms. The van der Waals surface area contributed by atoms with Gasteiger partial charge in [0.2, 0.25) is 0 Å². The summed E-state index contributed by atoms with van der Waals surface area (Å²) in [5, 5.41) is 0. The number of hydrogen-bond acceptors (Lipinski definition) is 4. The summed E-state index contributed by atoms with van der Waals surface area (Å²) in [6.45, 7) is 3.06. The topological polar surface area (TPSA) is 78.3 Å². The Kier molecular flexibility index (Phi) is 9.50. The van der Waals surface area contributed by atoms with E-state index in [0.29, 0.717) is 26.0 Å². The second-order valence-corrected chi connectivity index (χ2v) is 4.65. The molecule has 0 aromatic carbocycles. The molecular weight excluding hydrogens is 240 g/mol. The third-order valence-electron chi connectivity index (χ3n) is 2.70. The van der Waals surface area contributed by atoms with Crippen LogP contribution in [0.15, 0.2) is 0 Å². The number of alkyl halides is 1. The number of halogens is 1. The van der Waals surface area contributed by atoms with Crippen molar-refractivity contribution in [3.8, 4) is 0 Å². The molecule has 17 heavy (non-hydrogen) atoms. The maximum absolute atomic E-state index is 11.8. The fourth-order valence-corrected chi connectivity index (χ4v) is 1.72. The molecule has 0 radical (unpaired) electrons. The molecule has 0 aliphatic heterocycles. The molecular formula is C12H25ClN2O2. The second kappa shape index (κ2) is 9.68. The number of carbonyl (C=O) groups excluding carboxylic acids is 1. The summed E-state index contributed by atoms with van der Waals surface area (Å²) in [4.78, 5) is 11.8. The molecule has 0 aromatic rings. The van der Waals surface area contributed by atoms with Crippen LogP contribution < -0.4 is 11.5 Å². The van der Waals surface area contributed by atoms with E-state index in [1.807, 2.05) is 0 Å². The van der Waals surface area contributed by atoms with E-state index in [1.165, 1.54) is 0 Å². The van der Waals surface area contributed by atoms with Crippen LogP contribution in [0.2, 0.25) is 0 Å². The van der Waals surface area contributed by atoms with Crippen molar-refractivity contribution in [2.24, 2.45) is 11.5 Å². The Morgan fingerprint density at radius 3 is 2.53 bits per heavy atom. The average Bonchev–Trinajstić information content (AvgIpc) is 2.35. The zero-order valence-electron chi connectivity index (χ0n) is 10.7. The van der Waals surface area contributed by atoms with Crippen molar-refractivity contribution >= 4 is 17.6 Å². The highest BCUT2D eigenvalue weighted by Gasteiger charge is 2.34. The van der Waals surface area contributed by atoms with Crippen LogP contribution in [0.3, 0.4) is 0 Å². The first-order valence-electron chi connectivity index (χ1n) is 6.33. The highest BCUT2D eigenvalue weighted by Crippen LogP contribution is 2.14. The van der Waals surface area contributed by atoms with Gasteiger partial charge < -0.3 is 16.2 Å². The van der Waals surface area contributed by atoms with E-state index in [-0.39, 0.29) is 5.88 Å². The summed E-state index contributed by atoms with van der Waals surface area (Å²) in [5.74, 6) is -0.335. The molecule has 0 fully saturated rings. The van der Waals surface area contributed by atoms with Gasteiger partial charge in [-0.3, -0.25) is 4.79 Å². The van der Waals surface area contributed by atoms with E-state index in [9.17, 15) is 4.79 Å². The van der Waals surface area contributed by atoms with Gasteiger partial charge in [0.1, 0.15) is 5.54 Å². The molecule has 0 amide bonds. The van der Waals surface area contributed by atoms with E-state index < -0.39 is 11.5 Å². The smallest absolute Gasteiger partial charge is 0.327 e. The molecule has 1 unspecified atom stereocenters. The van der Waals surface area contributed by atoms with Crippen molar-refractivity contribution in [3.05, 3.63) is 0 Å². The van der Waals surface area contributed by atoms with Crippen molar-refractivity contribution in [2.45, 2.75) is 51.0 Å². The van der Waals surface area contributed by atoms with Gasteiger partial charge in [-0.05, 0) is 25.8 Å². The highest BCUT2D eigenvalue weighted by molar-refractivity contribution is 6.20. The minimum atomic E-state index is -1.08. The number of esters is 1. The molecule has 5 heteroatoms. The van der Waals surface area contributed by atoms with Crippen LogP contribution in [-0.2, 0) is 9.53 Å². The van der Waals surface area contributed by atoms with Crippen LogP contribution in [0.25, 0.3) is 0 Å². The van der Waals surface area contributed by atoms with Gasteiger partial charge in [-0.15, -0.1) is 11.6 Å². The van der Waals surface area contributed by atoms with Crippen LogP contribution in [0.5, 0.6) is 0 Å². The minimum Gasteiger partial charge on any atom is -0.464 e. The first kappa shape index (κ1) is 16.7. The molecule has 0 spiro atoms. The fourth-order valence-electron chi connectivity index (χ4n) is 1.48. The van der Waals surface area contributed by atoms with Gasteiger partial charge in [-0.2, -0.15) is 0 Å². The van der Waals surface area contributed by atoms with Crippen LogP contribution >= 0.6 is 11.6 Å². The highest BCUT2D eigenvalue weighted by atomic mass is 35.5. The number of rotatable bonds is 10. The monoisotopic (exact) mass is 264 g/mol. The lowest BCUT2D eigenvalue weighted by atomic mass is 9.97. The number of ether oxygens (including phenoxy) is 1. The van der Waals surface area contributed by atoms with Gasteiger partial charge in [0, 0.05) is 0 Å². The van der Waals surface area contributed by atoms with E-state index in [1.54, 1.807) is 0 Å². The lowest BCUT2D eigenvalue weighted by Gasteiger charge is -2.24. The van der Waals surface area contributed by atoms with Crippen molar-refractivity contribution in [1.82, 2.24) is 0 Å². The number of nitrogens with two attached hydrogens (primary N) is 2. The largest absolute Gasteiger partial charge is 0.464 e. The Hall–Kier alpha value is -0.320. The van der Waals surface area contributed by atoms with Gasteiger partial charge in [0.15, 0.2) is 0 Å². The zero-order valence-corrected chi connectivity index (χ0v) is 11.5. The first-order chi connectivity index (χ1) is 8.10. The third kappa shape index (κ3) is 6.86. The third-order valence-corrected chi connectivity index (χ3v) is 3.18. The molecule has 0 aliphatic carbocycles. The lowest BCUT2D eigenvalue weighted by Crippen LogP contribution is -2.51. The fraction of sp³-hybridized carbons (Fsp3) is 0.917. The van der Waals surface area contributed by atoms with E-state index in [4.69, 9.17) is 27.8 Å². The summed E-state index contributed by atoms with van der Waals surface area (Å²) < 4.78 is 5.15. The van der Waals surface area contributed by atoms with Gasteiger partial charge in [-0.25, -0.2) is 0 Å². The summed E-state index contributed by atoms with van der Waals surface area (Å²) in [6, 6.07) is 0. The molecule has 0 saturated carbocycles. The predicted molar refractivity (Wildman–Crippen MR) is 71.0 cm³/mol. The second-order valence-electron chi connectivity index (χ2n) is 4.38. The van der Waals surface area contributed by atoms with Crippen LogP contribution in [0, 0.1) is 0 Å². The number of unbranched alkanes of at least 4 members (excludes halogenated alkanes) is 3. The molecule has 1 atom stereocenters. The molecule has 4 N–H and O–H groups in total. The van der Waals surface area contributed by atoms with E-state index in [2.05, 4.69) is 6.92 Å². The van der Waals surface area contributed by atoms with Crippen molar-refractivity contribution < 1.29 is 9.53 Å². The van der Waals surface area contributed by atoms with Crippen LogP contribution in [0.1, 0.15) is 45.4 Å². The van der Waals surface area contributed by atoms with E-state index in [0.717, 1.165) is 25.7 Å². The summed E-state index contributed by atoms with van der Waals surface area (Å²) in [5.41, 5.74) is 10.2.